The molecule has 2 heterocycles. The monoisotopic (exact) mass is 461 g/mol. The Hall–Kier alpha value is -3.74. The van der Waals surface area contributed by atoms with Crippen molar-refractivity contribution in [3.8, 4) is 28.6 Å². The number of aromatic nitrogens is 2. The number of fused-ring (bicyclic) bond motifs is 1. The van der Waals surface area contributed by atoms with Gasteiger partial charge in [0.15, 0.2) is 11.5 Å². The molecule has 2 aromatic heterocycles. The zero-order valence-electron chi connectivity index (χ0n) is 20.1. The Kier molecular flexibility index (Phi) is 7.52. The van der Waals surface area contributed by atoms with Gasteiger partial charge >= 0.3 is 0 Å². The van der Waals surface area contributed by atoms with Crippen LogP contribution in [0.5, 0.6) is 17.2 Å². The van der Waals surface area contributed by atoms with Crippen molar-refractivity contribution in [3.63, 3.8) is 0 Å². The molecule has 7 nitrogen and oxygen atoms in total. The summed E-state index contributed by atoms with van der Waals surface area (Å²) in [5, 5.41) is 4.25. The zero-order valence-corrected chi connectivity index (χ0v) is 20.1. The summed E-state index contributed by atoms with van der Waals surface area (Å²) in [4.78, 5) is 8.97. The Balaban J connectivity index is 1.74. The largest absolute Gasteiger partial charge is 0.495 e. The van der Waals surface area contributed by atoms with E-state index in [-0.39, 0.29) is 6.10 Å². The average Bonchev–Trinajstić information content (AvgIpc) is 3.39. The Labute approximate surface area is 200 Å². The minimum Gasteiger partial charge on any atom is -0.495 e. The predicted molar refractivity (Wildman–Crippen MR) is 134 cm³/mol. The number of nitrogens with zero attached hydrogens (tertiary/aromatic N) is 2. The van der Waals surface area contributed by atoms with Crippen LogP contribution < -0.4 is 19.5 Å². The maximum absolute atomic E-state index is 6.40. The van der Waals surface area contributed by atoms with Crippen LogP contribution in [0.25, 0.3) is 22.2 Å². The Morgan fingerprint density at radius 3 is 2.38 bits per heavy atom. The molecule has 178 valence electrons. The van der Waals surface area contributed by atoms with E-state index in [9.17, 15) is 0 Å². The van der Waals surface area contributed by atoms with Crippen LogP contribution in [-0.4, -0.2) is 30.3 Å². The van der Waals surface area contributed by atoms with Gasteiger partial charge < -0.3 is 23.9 Å². The van der Waals surface area contributed by atoms with Gasteiger partial charge in [-0.3, -0.25) is 0 Å². The predicted octanol–water partition coefficient (Wildman–Crippen LogP) is 7.00. The van der Waals surface area contributed by atoms with E-state index >= 15 is 0 Å². The van der Waals surface area contributed by atoms with Gasteiger partial charge in [0.2, 0.25) is 0 Å². The fourth-order valence-electron chi connectivity index (χ4n) is 4.03. The van der Waals surface area contributed by atoms with Crippen molar-refractivity contribution >= 4 is 22.4 Å². The summed E-state index contributed by atoms with van der Waals surface area (Å²) in [7, 11) is 3.29. The van der Waals surface area contributed by atoms with Gasteiger partial charge in [0.05, 0.1) is 37.8 Å². The molecule has 0 fully saturated rings. The smallest absolute Gasteiger partial charge is 0.162 e. The average molecular weight is 462 g/mol. The van der Waals surface area contributed by atoms with E-state index in [0.717, 1.165) is 53.6 Å². The first kappa shape index (κ1) is 23.4. The number of benzene rings is 2. The molecule has 0 radical (unpaired) electrons. The van der Waals surface area contributed by atoms with E-state index in [2.05, 4.69) is 29.1 Å². The lowest BCUT2D eigenvalue weighted by Gasteiger charge is -2.20. The second kappa shape index (κ2) is 10.9. The van der Waals surface area contributed by atoms with Crippen molar-refractivity contribution in [2.24, 2.45) is 0 Å². The summed E-state index contributed by atoms with van der Waals surface area (Å²) in [5.41, 5.74) is 2.45. The highest BCUT2D eigenvalue weighted by atomic mass is 16.5. The summed E-state index contributed by atoms with van der Waals surface area (Å²) in [6, 6.07) is 13.5. The quantitative estimate of drug-likeness (QED) is 0.258. The molecule has 0 unspecified atom stereocenters. The molecule has 0 aliphatic rings. The van der Waals surface area contributed by atoms with E-state index in [1.807, 2.05) is 42.5 Å². The summed E-state index contributed by atoms with van der Waals surface area (Å²) in [6.45, 7) is 4.34. The minimum atomic E-state index is 0.132. The molecule has 0 amide bonds. The molecular weight excluding hydrogens is 430 g/mol. The Morgan fingerprint density at radius 1 is 0.912 bits per heavy atom. The molecule has 4 rings (SSSR count). The first-order valence-electron chi connectivity index (χ1n) is 11.6. The van der Waals surface area contributed by atoms with E-state index in [1.165, 1.54) is 6.33 Å². The highest BCUT2D eigenvalue weighted by Crippen LogP contribution is 2.38. The van der Waals surface area contributed by atoms with Crippen LogP contribution in [-0.2, 0) is 0 Å². The molecule has 0 aliphatic carbocycles. The van der Waals surface area contributed by atoms with Gasteiger partial charge in [0.1, 0.15) is 23.7 Å². The number of nitrogens with one attached hydrogen (secondary N) is 1. The fourth-order valence-corrected chi connectivity index (χ4v) is 4.03. The topological polar surface area (TPSA) is 78.6 Å². The van der Waals surface area contributed by atoms with Crippen LogP contribution in [0.4, 0.5) is 11.5 Å². The van der Waals surface area contributed by atoms with Crippen LogP contribution in [0, 0.1) is 0 Å². The van der Waals surface area contributed by atoms with Crippen molar-refractivity contribution in [2.45, 2.75) is 45.6 Å². The van der Waals surface area contributed by atoms with Gasteiger partial charge in [-0.1, -0.05) is 26.7 Å². The molecule has 4 aromatic rings. The highest BCUT2D eigenvalue weighted by Gasteiger charge is 2.17. The van der Waals surface area contributed by atoms with Gasteiger partial charge in [-0.05, 0) is 49.2 Å². The Morgan fingerprint density at radius 2 is 1.71 bits per heavy atom. The van der Waals surface area contributed by atoms with Crippen LogP contribution in [0.3, 0.4) is 0 Å². The SMILES string of the molecule is CCCC(CCC)Oc1cc2c(Nc3cc(-c4ccco4)ccc3OC)ncnc2cc1OC. The van der Waals surface area contributed by atoms with Gasteiger partial charge in [0, 0.05) is 17.0 Å². The van der Waals surface area contributed by atoms with Gasteiger partial charge in [-0.15, -0.1) is 0 Å². The molecule has 34 heavy (non-hydrogen) atoms. The number of furan rings is 1. The van der Waals surface area contributed by atoms with E-state index < -0.39 is 0 Å². The summed E-state index contributed by atoms with van der Waals surface area (Å²) in [6.07, 6.45) is 7.41. The first-order valence-corrected chi connectivity index (χ1v) is 11.6. The van der Waals surface area contributed by atoms with Crippen molar-refractivity contribution in [1.29, 1.82) is 0 Å². The first-order chi connectivity index (χ1) is 16.7. The molecule has 7 heteroatoms. The lowest BCUT2D eigenvalue weighted by Crippen LogP contribution is -2.16. The maximum Gasteiger partial charge on any atom is 0.162 e. The second-order valence-corrected chi connectivity index (χ2v) is 8.08. The molecule has 1 N–H and O–H groups in total. The molecule has 0 atom stereocenters. The van der Waals surface area contributed by atoms with Crippen molar-refractivity contribution in [3.05, 3.63) is 55.1 Å². The van der Waals surface area contributed by atoms with Gasteiger partial charge in [-0.2, -0.15) is 0 Å². The van der Waals surface area contributed by atoms with Gasteiger partial charge in [0.25, 0.3) is 0 Å². The lowest BCUT2D eigenvalue weighted by atomic mass is 10.1. The standard InChI is InChI=1S/C27H31N3O4/c1-5-8-19(9-6-2)34-26-15-20-21(16-25(26)32-4)28-17-29-27(20)30-22-14-18(11-12-24(22)31-3)23-10-7-13-33-23/h7,10-17,19H,5-6,8-9H2,1-4H3,(H,28,29,30). The molecular formula is C27H31N3O4. The van der Waals surface area contributed by atoms with Crippen LogP contribution in [0.2, 0.25) is 0 Å². The number of ether oxygens (including phenoxy) is 3. The van der Waals surface area contributed by atoms with Crippen LogP contribution in [0.1, 0.15) is 39.5 Å². The summed E-state index contributed by atoms with van der Waals surface area (Å²) in [5.74, 6) is 3.47. The Bertz CT molecular complexity index is 1220. The third-order valence-corrected chi connectivity index (χ3v) is 5.69. The molecule has 0 aliphatic heterocycles. The van der Waals surface area contributed by atoms with E-state index in [4.69, 9.17) is 18.6 Å². The second-order valence-electron chi connectivity index (χ2n) is 8.08. The lowest BCUT2D eigenvalue weighted by molar-refractivity contribution is 0.172. The molecule has 0 saturated heterocycles. The maximum atomic E-state index is 6.40. The third kappa shape index (κ3) is 5.09. The molecule has 0 saturated carbocycles. The summed E-state index contributed by atoms with van der Waals surface area (Å²) < 4.78 is 23.2. The van der Waals surface area contributed by atoms with E-state index in [1.54, 1.807) is 20.5 Å². The normalized spacial score (nSPS) is 11.1. The van der Waals surface area contributed by atoms with Crippen LogP contribution in [0.15, 0.2) is 59.5 Å². The highest BCUT2D eigenvalue weighted by molar-refractivity contribution is 5.93. The minimum absolute atomic E-state index is 0.132. The number of rotatable bonds is 11. The number of hydrogen-bond donors (Lipinski definition) is 1. The molecule has 0 spiro atoms. The number of anilines is 2. The van der Waals surface area contributed by atoms with Crippen molar-refractivity contribution < 1.29 is 18.6 Å². The van der Waals surface area contributed by atoms with E-state index in [0.29, 0.717) is 23.1 Å². The van der Waals surface area contributed by atoms with Crippen molar-refractivity contribution in [2.75, 3.05) is 19.5 Å². The number of methoxy groups -OCH3 is 2. The zero-order chi connectivity index (χ0) is 23.9. The molecule has 0 bridgehead atoms. The third-order valence-electron chi connectivity index (χ3n) is 5.69. The van der Waals surface area contributed by atoms with Gasteiger partial charge in [-0.25, -0.2) is 9.97 Å². The van der Waals surface area contributed by atoms with Crippen LogP contribution >= 0.6 is 0 Å². The van der Waals surface area contributed by atoms with Crippen molar-refractivity contribution in [1.82, 2.24) is 9.97 Å². The fraction of sp³-hybridized carbons (Fsp3) is 0.333. The summed E-state index contributed by atoms with van der Waals surface area (Å²) >= 11 is 0. The molecule has 2 aromatic carbocycles. The number of hydrogen-bond acceptors (Lipinski definition) is 7.